The summed E-state index contributed by atoms with van der Waals surface area (Å²) >= 11 is 9.27. The number of alkyl halides is 1. The standard InChI is InChI=1S/C20H29BrClNO3/c21-13-3-1-2-4-14-25-18-9-5-16(6-10-18)15-23-20(24)26-19-11-7-17(22)8-12-19/h7-8,11-12,16,18H,1-6,9-10,13-15H2,(H,23,24). The van der Waals surface area contributed by atoms with Gasteiger partial charge in [0.05, 0.1) is 6.10 Å². The zero-order valence-electron chi connectivity index (χ0n) is 15.2. The maximum Gasteiger partial charge on any atom is 0.412 e. The van der Waals surface area contributed by atoms with Gasteiger partial charge in [0, 0.05) is 23.5 Å². The molecule has 1 fully saturated rings. The normalized spacial score (nSPS) is 19.9. The summed E-state index contributed by atoms with van der Waals surface area (Å²) in [5.41, 5.74) is 0. The molecule has 0 radical (unpaired) electrons. The van der Waals surface area contributed by atoms with Crippen molar-refractivity contribution in [2.45, 2.75) is 57.5 Å². The molecule has 0 unspecified atom stereocenters. The first-order valence-corrected chi connectivity index (χ1v) is 11.1. The number of carbonyl (C=O) groups is 1. The minimum absolute atomic E-state index is 0.392. The molecule has 1 aromatic rings. The van der Waals surface area contributed by atoms with Crippen molar-refractivity contribution in [3.05, 3.63) is 29.3 Å². The largest absolute Gasteiger partial charge is 0.412 e. The molecule has 0 saturated heterocycles. The van der Waals surface area contributed by atoms with Gasteiger partial charge in [0.25, 0.3) is 0 Å². The first-order valence-electron chi connectivity index (χ1n) is 9.56. The molecule has 0 atom stereocenters. The van der Waals surface area contributed by atoms with E-state index < -0.39 is 6.09 Å². The van der Waals surface area contributed by atoms with Crippen molar-refractivity contribution in [1.29, 1.82) is 0 Å². The zero-order chi connectivity index (χ0) is 18.6. The number of benzene rings is 1. The first kappa shape index (κ1) is 21.5. The number of hydrogen-bond acceptors (Lipinski definition) is 3. The van der Waals surface area contributed by atoms with Crippen LogP contribution in [0.1, 0.15) is 51.4 Å². The summed E-state index contributed by atoms with van der Waals surface area (Å²) in [5.74, 6) is 1.01. The number of nitrogens with one attached hydrogen (secondary N) is 1. The van der Waals surface area contributed by atoms with Crippen LogP contribution in [0, 0.1) is 5.92 Å². The Morgan fingerprint density at radius 3 is 2.46 bits per heavy atom. The van der Waals surface area contributed by atoms with Crippen molar-refractivity contribution in [1.82, 2.24) is 5.32 Å². The van der Waals surface area contributed by atoms with E-state index in [1.807, 2.05) is 0 Å². The fraction of sp³-hybridized carbons (Fsp3) is 0.650. The van der Waals surface area contributed by atoms with E-state index in [0.717, 1.165) is 44.0 Å². The molecular formula is C20H29BrClNO3. The smallest absolute Gasteiger partial charge is 0.410 e. The van der Waals surface area contributed by atoms with E-state index in [2.05, 4.69) is 21.2 Å². The highest BCUT2D eigenvalue weighted by Gasteiger charge is 2.22. The Kier molecular flexibility index (Phi) is 10.4. The molecule has 0 bridgehead atoms. The summed E-state index contributed by atoms with van der Waals surface area (Å²) in [7, 11) is 0. The van der Waals surface area contributed by atoms with Crippen LogP contribution in [-0.4, -0.2) is 30.7 Å². The highest BCUT2D eigenvalue weighted by atomic mass is 79.9. The van der Waals surface area contributed by atoms with Gasteiger partial charge in [-0.2, -0.15) is 0 Å². The third kappa shape index (κ3) is 8.74. The quantitative estimate of drug-likeness (QED) is 0.356. The molecule has 1 aliphatic carbocycles. The lowest BCUT2D eigenvalue weighted by atomic mass is 9.87. The molecule has 1 saturated carbocycles. The molecule has 0 aromatic heterocycles. The Morgan fingerprint density at radius 1 is 1.08 bits per heavy atom. The molecule has 4 nitrogen and oxygen atoms in total. The van der Waals surface area contributed by atoms with E-state index in [1.54, 1.807) is 24.3 Å². The average Bonchev–Trinajstić information content (AvgIpc) is 2.66. The van der Waals surface area contributed by atoms with Gasteiger partial charge in [-0.3, -0.25) is 0 Å². The van der Waals surface area contributed by atoms with Crippen molar-refractivity contribution in [3.8, 4) is 5.75 Å². The van der Waals surface area contributed by atoms with Crippen LogP contribution < -0.4 is 10.1 Å². The third-order valence-electron chi connectivity index (χ3n) is 4.73. The van der Waals surface area contributed by atoms with Crippen molar-refractivity contribution in [2.75, 3.05) is 18.5 Å². The van der Waals surface area contributed by atoms with Crippen LogP contribution in [0.4, 0.5) is 4.79 Å². The number of rotatable bonds is 10. The van der Waals surface area contributed by atoms with Crippen molar-refractivity contribution in [3.63, 3.8) is 0 Å². The zero-order valence-corrected chi connectivity index (χ0v) is 17.6. The lowest BCUT2D eigenvalue weighted by molar-refractivity contribution is 0.0164. The number of carbonyl (C=O) groups excluding carboxylic acids is 1. The maximum absolute atomic E-state index is 11.9. The molecule has 146 valence electrons. The molecular weight excluding hydrogens is 418 g/mol. The Labute approximate surface area is 170 Å². The molecule has 0 heterocycles. The highest BCUT2D eigenvalue weighted by Crippen LogP contribution is 2.26. The van der Waals surface area contributed by atoms with Gasteiger partial charge in [-0.05, 0) is 68.7 Å². The number of hydrogen-bond donors (Lipinski definition) is 1. The van der Waals surface area contributed by atoms with Crippen molar-refractivity contribution < 1.29 is 14.3 Å². The second kappa shape index (κ2) is 12.6. The van der Waals surface area contributed by atoms with Crippen LogP contribution in [0.5, 0.6) is 5.75 Å². The summed E-state index contributed by atoms with van der Waals surface area (Å²) in [6.45, 7) is 1.54. The Hall–Kier alpha value is -0.780. The van der Waals surface area contributed by atoms with E-state index in [1.165, 1.54) is 19.3 Å². The minimum Gasteiger partial charge on any atom is -0.410 e. The Morgan fingerprint density at radius 2 is 1.77 bits per heavy atom. The SMILES string of the molecule is O=C(NCC1CCC(OCCCCCCBr)CC1)Oc1ccc(Cl)cc1. The van der Waals surface area contributed by atoms with Crippen LogP contribution >= 0.6 is 27.5 Å². The van der Waals surface area contributed by atoms with Gasteiger partial charge in [0.1, 0.15) is 5.75 Å². The van der Waals surface area contributed by atoms with Crippen LogP contribution in [0.15, 0.2) is 24.3 Å². The topological polar surface area (TPSA) is 47.6 Å². The molecule has 1 aliphatic rings. The second-order valence-electron chi connectivity index (χ2n) is 6.84. The average molecular weight is 447 g/mol. The lowest BCUT2D eigenvalue weighted by Crippen LogP contribution is -2.34. The summed E-state index contributed by atoms with van der Waals surface area (Å²) in [6.07, 6.45) is 9.27. The minimum atomic E-state index is -0.408. The fourth-order valence-electron chi connectivity index (χ4n) is 3.18. The molecule has 0 aliphatic heterocycles. The molecule has 1 aromatic carbocycles. The Balaban J connectivity index is 1.53. The fourth-order valence-corrected chi connectivity index (χ4v) is 3.70. The molecule has 0 spiro atoms. The third-order valence-corrected chi connectivity index (χ3v) is 5.55. The van der Waals surface area contributed by atoms with Crippen LogP contribution in [0.25, 0.3) is 0 Å². The monoisotopic (exact) mass is 445 g/mol. The second-order valence-corrected chi connectivity index (χ2v) is 8.07. The molecule has 6 heteroatoms. The van der Waals surface area contributed by atoms with Crippen LogP contribution in [0.2, 0.25) is 5.02 Å². The molecule has 26 heavy (non-hydrogen) atoms. The summed E-state index contributed by atoms with van der Waals surface area (Å²) < 4.78 is 11.2. The molecule has 1 N–H and O–H groups in total. The van der Waals surface area contributed by atoms with Crippen molar-refractivity contribution in [2.24, 2.45) is 5.92 Å². The molecule has 2 rings (SSSR count). The van der Waals surface area contributed by atoms with Gasteiger partial charge in [0.15, 0.2) is 0 Å². The number of amides is 1. The first-order chi connectivity index (χ1) is 12.7. The lowest BCUT2D eigenvalue weighted by Gasteiger charge is -2.28. The van der Waals surface area contributed by atoms with Gasteiger partial charge in [-0.15, -0.1) is 0 Å². The Bertz CT molecular complexity index is 518. The van der Waals surface area contributed by atoms with E-state index in [4.69, 9.17) is 21.1 Å². The maximum atomic E-state index is 11.9. The molecule has 1 amide bonds. The van der Waals surface area contributed by atoms with Crippen molar-refractivity contribution >= 4 is 33.6 Å². The van der Waals surface area contributed by atoms with E-state index in [0.29, 0.717) is 29.3 Å². The summed E-state index contributed by atoms with van der Waals surface area (Å²) in [4.78, 5) is 11.9. The van der Waals surface area contributed by atoms with Gasteiger partial charge in [-0.1, -0.05) is 40.4 Å². The predicted octanol–water partition coefficient (Wildman–Crippen LogP) is 5.96. The van der Waals surface area contributed by atoms with E-state index >= 15 is 0 Å². The summed E-state index contributed by atoms with van der Waals surface area (Å²) in [5, 5.41) is 4.58. The van der Waals surface area contributed by atoms with Gasteiger partial charge in [0.2, 0.25) is 0 Å². The number of halogens is 2. The number of ether oxygens (including phenoxy) is 2. The summed E-state index contributed by atoms with van der Waals surface area (Å²) in [6, 6.07) is 6.77. The van der Waals surface area contributed by atoms with Gasteiger partial charge < -0.3 is 14.8 Å². The predicted molar refractivity (Wildman–Crippen MR) is 109 cm³/mol. The number of unbranched alkanes of at least 4 members (excludes halogenated alkanes) is 3. The van der Waals surface area contributed by atoms with Gasteiger partial charge >= 0.3 is 6.09 Å². The van der Waals surface area contributed by atoms with E-state index in [9.17, 15) is 4.79 Å². The van der Waals surface area contributed by atoms with E-state index in [-0.39, 0.29) is 0 Å². The van der Waals surface area contributed by atoms with Gasteiger partial charge in [-0.25, -0.2) is 4.79 Å². The van der Waals surface area contributed by atoms with Crippen LogP contribution in [-0.2, 0) is 4.74 Å². The van der Waals surface area contributed by atoms with Crippen LogP contribution in [0.3, 0.4) is 0 Å². The highest BCUT2D eigenvalue weighted by molar-refractivity contribution is 9.09.